The van der Waals surface area contributed by atoms with Crippen LogP contribution in [-0.4, -0.2) is 20.9 Å². The van der Waals surface area contributed by atoms with Crippen molar-refractivity contribution in [1.29, 1.82) is 0 Å². The molecule has 0 atom stereocenters. The Morgan fingerprint density at radius 2 is 1.61 bits per heavy atom. The minimum absolute atomic E-state index is 0.159. The fourth-order valence-electron chi connectivity index (χ4n) is 3.06. The highest BCUT2D eigenvalue weighted by molar-refractivity contribution is 6.77. The van der Waals surface area contributed by atoms with Gasteiger partial charge in [0.1, 0.15) is 5.76 Å². The van der Waals surface area contributed by atoms with E-state index in [1.807, 2.05) is 0 Å². The molecular weight excluding hydrogens is 244 g/mol. The maximum absolute atomic E-state index is 11.1. The first-order valence-electron chi connectivity index (χ1n) is 6.73. The standard InChI is InChI=1S/C13H26N2O2Si/c1-9(2)18(10(3)4,11(5)6)17-12-7-14-13(16)15-8-12/h7,9-11H,8H2,1-6H3,(H2,14,15,16). The maximum Gasteiger partial charge on any atom is 0.319 e. The van der Waals surface area contributed by atoms with Crippen LogP contribution >= 0.6 is 0 Å². The summed E-state index contributed by atoms with van der Waals surface area (Å²) in [5.74, 6) is 0.859. The van der Waals surface area contributed by atoms with E-state index in [2.05, 4.69) is 52.2 Å². The molecule has 2 amide bonds. The molecule has 1 aliphatic rings. The van der Waals surface area contributed by atoms with Crippen molar-refractivity contribution in [3.8, 4) is 0 Å². The van der Waals surface area contributed by atoms with E-state index in [-0.39, 0.29) is 6.03 Å². The van der Waals surface area contributed by atoms with Gasteiger partial charge >= 0.3 is 6.03 Å². The van der Waals surface area contributed by atoms with E-state index in [9.17, 15) is 4.79 Å². The molecule has 5 heteroatoms. The summed E-state index contributed by atoms with van der Waals surface area (Å²) in [4.78, 5) is 11.1. The molecule has 1 rings (SSSR count). The van der Waals surface area contributed by atoms with Crippen LogP contribution in [0.25, 0.3) is 0 Å². The summed E-state index contributed by atoms with van der Waals surface area (Å²) < 4.78 is 6.43. The number of amides is 2. The molecule has 18 heavy (non-hydrogen) atoms. The van der Waals surface area contributed by atoms with Gasteiger partial charge in [0, 0.05) is 6.20 Å². The van der Waals surface area contributed by atoms with Gasteiger partial charge in [0.15, 0.2) is 0 Å². The molecule has 0 fully saturated rings. The van der Waals surface area contributed by atoms with Crippen LogP contribution < -0.4 is 10.6 Å². The van der Waals surface area contributed by atoms with E-state index < -0.39 is 8.32 Å². The van der Waals surface area contributed by atoms with Crippen molar-refractivity contribution in [1.82, 2.24) is 10.6 Å². The van der Waals surface area contributed by atoms with Crippen molar-refractivity contribution in [3.05, 3.63) is 12.0 Å². The van der Waals surface area contributed by atoms with Crippen LogP contribution in [0.4, 0.5) is 4.79 Å². The van der Waals surface area contributed by atoms with Gasteiger partial charge in [-0.3, -0.25) is 0 Å². The first-order valence-corrected chi connectivity index (χ1v) is 8.87. The first kappa shape index (κ1) is 15.1. The lowest BCUT2D eigenvalue weighted by atomic mass is 10.5. The average Bonchev–Trinajstić information content (AvgIpc) is 2.26. The Morgan fingerprint density at radius 3 is 1.94 bits per heavy atom. The number of carbonyl (C=O) groups excluding carboxylic acids is 1. The molecule has 0 spiro atoms. The number of carbonyl (C=O) groups is 1. The third-order valence-corrected chi connectivity index (χ3v) is 9.83. The summed E-state index contributed by atoms with van der Waals surface area (Å²) in [7, 11) is -1.90. The summed E-state index contributed by atoms with van der Waals surface area (Å²) in [5, 5.41) is 5.41. The van der Waals surface area contributed by atoms with Gasteiger partial charge in [0.05, 0.1) is 6.54 Å². The lowest BCUT2D eigenvalue weighted by molar-refractivity contribution is 0.239. The Labute approximate surface area is 111 Å². The zero-order valence-electron chi connectivity index (χ0n) is 12.3. The van der Waals surface area contributed by atoms with Crippen molar-refractivity contribution in [3.63, 3.8) is 0 Å². The quantitative estimate of drug-likeness (QED) is 0.753. The lowest BCUT2D eigenvalue weighted by Crippen LogP contribution is -2.50. The molecule has 0 saturated heterocycles. The van der Waals surface area contributed by atoms with Crippen LogP contribution in [0.3, 0.4) is 0 Å². The van der Waals surface area contributed by atoms with Crippen LogP contribution in [0.5, 0.6) is 0 Å². The van der Waals surface area contributed by atoms with Crippen molar-refractivity contribution in [2.45, 2.75) is 58.2 Å². The fraction of sp³-hybridized carbons (Fsp3) is 0.769. The third-order valence-electron chi connectivity index (χ3n) is 3.80. The summed E-state index contributed by atoms with van der Waals surface area (Å²) in [6, 6.07) is -0.159. The van der Waals surface area contributed by atoms with Crippen LogP contribution in [0.2, 0.25) is 16.6 Å². The van der Waals surface area contributed by atoms with Crippen LogP contribution in [0.1, 0.15) is 41.5 Å². The number of hydrogen-bond donors (Lipinski definition) is 2. The summed E-state index contributed by atoms with van der Waals surface area (Å²) in [6.45, 7) is 14.0. The molecule has 0 aromatic carbocycles. The highest BCUT2D eigenvalue weighted by atomic mass is 28.4. The smallest absolute Gasteiger partial charge is 0.319 e. The lowest BCUT2D eigenvalue weighted by Gasteiger charge is -2.43. The monoisotopic (exact) mass is 270 g/mol. The number of urea groups is 1. The van der Waals surface area contributed by atoms with E-state index in [1.54, 1.807) is 6.20 Å². The van der Waals surface area contributed by atoms with E-state index in [4.69, 9.17) is 4.43 Å². The first-order chi connectivity index (χ1) is 8.30. The molecule has 1 aliphatic heterocycles. The van der Waals surface area contributed by atoms with Gasteiger partial charge < -0.3 is 15.1 Å². The van der Waals surface area contributed by atoms with Crippen molar-refractivity contribution < 1.29 is 9.22 Å². The van der Waals surface area contributed by atoms with E-state index >= 15 is 0 Å². The number of hydrogen-bond acceptors (Lipinski definition) is 2. The summed E-state index contributed by atoms with van der Waals surface area (Å²) >= 11 is 0. The zero-order valence-corrected chi connectivity index (χ0v) is 13.3. The highest BCUT2D eigenvalue weighted by Gasteiger charge is 2.47. The topological polar surface area (TPSA) is 50.4 Å². The Kier molecular flexibility index (Phi) is 4.84. The third kappa shape index (κ3) is 2.88. The summed E-state index contributed by atoms with van der Waals surface area (Å²) in [6.07, 6.45) is 1.70. The second-order valence-electron chi connectivity index (χ2n) is 5.86. The molecular formula is C13H26N2O2Si. The van der Waals surface area contributed by atoms with Gasteiger partial charge in [0.2, 0.25) is 0 Å². The van der Waals surface area contributed by atoms with Crippen LogP contribution in [-0.2, 0) is 4.43 Å². The fourth-order valence-corrected chi connectivity index (χ4v) is 8.35. The van der Waals surface area contributed by atoms with Gasteiger partial charge in [-0.25, -0.2) is 4.79 Å². The minimum Gasteiger partial charge on any atom is -0.543 e. The van der Waals surface area contributed by atoms with Crippen LogP contribution in [0.15, 0.2) is 12.0 Å². The predicted molar refractivity (Wildman–Crippen MR) is 76.8 cm³/mol. The van der Waals surface area contributed by atoms with Gasteiger partial charge in [-0.05, 0) is 16.6 Å². The molecule has 4 nitrogen and oxygen atoms in total. The minimum atomic E-state index is -1.90. The zero-order chi connectivity index (χ0) is 13.9. The molecule has 0 unspecified atom stereocenters. The largest absolute Gasteiger partial charge is 0.543 e. The van der Waals surface area contributed by atoms with Crippen molar-refractivity contribution >= 4 is 14.3 Å². The Morgan fingerprint density at radius 1 is 1.11 bits per heavy atom. The molecule has 0 aliphatic carbocycles. The molecule has 0 aromatic heterocycles. The molecule has 1 heterocycles. The molecule has 2 N–H and O–H groups in total. The summed E-state index contributed by atoms with van der Waals surface area (Å²) in [5.41, 5.74) is 1.61. The Bertz CT molecular complexity index is 316. The van der Waals surface area contributed by atoms with E-state index in [0.29, 0.717) is 23.2 Å². The van der Waals surface area contributed by atoms with Crippen molar-refractivity contribution in [2.75, 3.05) is 6.54 Å². The SMILES string of the molecule is CC(C)[Si](OC1=CNC(=O)NC1)(C(C)C)C(C)C. The number of rotatable bonds is 5. The van der Waals surface area contributed by atoms with E-state index in [1.165, 1.54) is 0 Å². The normalized spacial score (nSPS) is 16.7. The van der Waals surface area contributed by atoms with Gasteiger partial charge in [0.25, 0.3) is 8.32 Å². The van der Waals surface area contributed by atoms with Crippen LogP contribution in [0, 0.1) is 0 Å². The van der Waals surface area contributed by atoms with Gasteiger partial charge in [-0.1, -0.05) is 41.5 Å². The highest BCUT2D eigenvalue weighted by Crippen LogP contribution is 2.43. The predicted octanol–water partition coefficient (Wildman–Crippen LogP) is 3.33. The molecule has 0 aromatic rings. The van der Waals surface area contributed by atoms with Gasteiger partial charge in [-0.2, -0.15) is 0 Å². The van der Waals surface area contributed by atoms with Gasteiger partial charge in [-0.15, -0.1) is 0 Å². The Hall–Kier alpha value is -0.973. The maximum atomic E-state index is 11.1. The average molecular weight is 270 g/mol. The molecule has 104 valence electrons. The molecule has 0 bridgehead atoms. The van der Waals surface area contributed by atoms with Crippen molar-refractivity contribution in [2.24, 2.45) is 0 Å². The Balaban J connectivity index is 2.95. The number of nitrogens with one attached hydrogen (secondary N) is 2. The second-order valence-corrected chi connectivity index (χ2v) is 11.2. The molecule has 0 radical (unpaired) electrons. The molecule has 0 saturated carbocycles. The van der Waals surface area contributed by atoms with E-state index in [0.717, 1.165) is 5.76 Å². The second kappa shape index (κ2) is 5.78.